The van der Waals surface area contributed by atoms with Gasteiger partial charge in [-0.1, -0.05) is 6.92 Å². The summed E-state index contributed by atoms with van der Waals surface area (Å²) in [7, 11) is 0. The monoisotopic (exact) mass is 208 g/mol. The Morgan fingerprint density at radius 1 is 1.40 bits per heavy atom. The van der Waals surface area contributed by atoms with Gasteiger partial charge < -0.3 is 10.4 Å². The zero-order valence-corrected chi connectivity index (χ0v) is 9.32. The van der Waals surface area contributed by atoms with Gasteiger partial charge in [-0.05, 0) is 43.5 Å². The van der Waals surface area contributed by atoms with Crippen molar-refractivity contribution in [1.29, 1.82) is 0 Å². The van der Waals surface area contributed by atoms with Crippen LogP contribution in [-0.2, 0) is 6.42 Å². The fraction of sp³-hybridized carbons (Fsp3) is 0.583. The van der Waals surface area contributed by atoms with Crippen molar-refractivity contribution in [2.75, 3.05) is 13.2 Å². The van der Waals surface area contributed by atoms with Crippen molar-refractivity contribution in [3.8, 4) is 0 Å². The first-order chi connectivity index (χ1) is 7.36. The van der Waals surface area contributed by atoms with Gasteiger partial charge in [-0.3, -0.25) is 4.98 Å². The van der Waals surface area contributed by atoms with Gasteiger partial charge in [-0.15, -0.1) is 0 Å². The molecule has 0 saturated heterocycles. The molecule has 0 amide bonds. The summed E-state index contributed by atoms with van der Waals surface area (Å²) in [5, 5.41) is 12.3. The van der Waals surface area contributed by atoms with Crippen LogP contribution in [0.15, 0.2) is 24.5 Å². The first-order valence-corrected chi connectivity index (χ1v) is 5.60. The molecule has 0 radical (unpaired) electrons. The molecule has 0 aromatic carbocycles. The van der Waals surface area contributed by atoms with Crippen molar-refractivity contribution in [3.63, 3.8) is 0 Å². The molecule has 0 fully saturated rings. The fourth-order valence-corrected chi connectivity index (χ4v) is 1.58. The quantitative estimate of drug-likeness (QED) is 0.711. The second-order valence-corrected chi connectivity index (χ2v) is 3.68. The van der Waals surface area contributed by atoms with Crippen LogP contribution in [0.25, 0.3) is 0 Å². The SMILES string of the molecule is CCC(CCO)NCCc1ccncc1. The third-order valence-corrected chi connectivity index (χ3v) is 2.57. The number of hydrogen-bond acceptors (Lipinski definition) is 3. The van der Waals surface area contributed by atoms with Crippen LogP contribution in [0.5, 0.6) is 0 Å². The van der Waals surface area contributed by atoms with Crippen molar-refractivity contribution in [2.45, 2.75) is 32.2 Å². The Hall–Kier alpha value is -0.930. The fourth-order valence-electron chi connectivity index (χ4n) is 1.58. The molecule has 1 aromatic rings. The van der Waals surface area contributed by atoms with E-state index in [1.807, 2.05) is 24.5 Å². The second-order valence-electron chi connectivity index (χ2n) is 3.68. The molecule has 15 heavy (non-hydrogen) atoms. The molecule has 1 heterocycles. The maximum absolute atomic E-state index is 8.84. The summed E-state index contributed by atoms with van der Waals surface area (Å²) >= 11 is 0. The van der Waals surface area contributed by atoms with Crippen LogP contribution < -0.4 is 5.32 Å². The zero-order valence-electron chi connectivity index (χ0n) is 9.32. The smallest absolute Gasteiger partial charge is 0.0445 e. The lowest BCUT2D eigenvalue weighted by atomic mass is 10.1. The molecular weight excluding hydrogens is 188 g/mol. The van der Waals surface area contributed by atoms with Crippen molar-refractivity contribution in [2.24, 2.45) is 0 Å². The molecule has 3 heteroatoms. The molecule has 84 valence electrons. The van der Waals surface area contributed by atoms with Gasteiger partial charge in [0, 0.05) is 25.0 Å². The highest BCUT2D eigenvalue weighted by Crippen LogP contribution is 1.99. The average Bonchev–Trinajstić information content (AvgIpc) is 2.29. The molecule has 0 aliphatic heterocycles. The van der Waals surface area contributed by atoms with E-state index >= 15 is 0 Å². The summed E-state index contributed by atoms with van der Waals surface area (Å²) in [6, 6.07) is 4.51. The van der Waals surface area contributed by atoms with Crippen LogP contribution >= 0.6 is 0 Å². The van der Waals surface area contributed by atoms with Gasteiger partial charge in [0.05, 0.1) is 0 Å². The Morgan fingerprint density at radius 2 is 2.13 bits per heavy atom. The lowest BCUT2D eigenvalue weighted by molar-refractivity contribution is 0.263. The van der Waals surface area contributed by atoms with Crippen molar-refractivity contribution >= 4 is 0 Å². The van der Waals surface area contributed by atoms with Crippen molar-refractivity contribution in [3.05, 3.63) is 30.1 Å². The highest BCUT2D eigenvalue weighted by Gasteiger charge is 2.03. The van der Waals surface area contributed by atoms with E-state index in [1.54, 1.807) is 0 Å². The minimum atomic E-state index is 0.265. The van der Waals surface area contributed by atoms with E-state index in [9.17, 15) is 0 Å². The van der Waals surface area contributed by atoms with E-state index < -0.39 is 0 Å². The largest absolute Gasteiger partial charge is 0.396 e. The number of hydrogen-bond donors (Lipinski definition) is 2. The van der Waals surface area contributed by atoms with Crippen LogP contribution in [0, 0.1) is 0 Å². The highest BCUT2D eigenvalue weighted by molar-refractivity contribution is 5.09. The number of nitrogens with zero attached hydrogens (tertiary/aromatic N) is 1. The molecule has 1 rings (SSSR count). The van der Waals surface area contributed by atoms with Gasteiger partial charge >= 0.3 is 0 Å². The topological polar surface area (TPSA) is 45.1 Å². The van der Waals surface area contributed by atoms with Gasteiger partial charge in [0.1, 0.15) is 0 Å². The Bertz CT molecular complexity index is 251. The number of pyridine rings is 1. The third-order valence-electron chi connectivity index (χ3n) is 2.57. The molecule has 1 aromatic heterocycles. The van der Waals surface area contributed by atoms with Crippen LogP contribution in [0.4, 0.5) is 0 Å². The van der Waals surface area contributed by atoms with Gasteiger partial charge in [0.25, 0.3) is 0 Å². The third kappa shape index (κ3) is 4.91. The molecule has 0 saturated carbocycles. The number of rotatable bonds is 7. The number of nitrogens with one attached hydrogen (secondary N) is 1. The summed E-state index contributed by atoms with van der Waals surface area (Å²) in [4.78, 5) is 3.98. The highest BCUT2D eigenvalue weighted by atomic mass is 16.3. The molecule has 0 spiro atoms. The van der Waals surface area contributed by atoms with E-state index in [1.165, 1.54) is 5.56 Å². The normalized spacial score (nSPS) is 12.7. The standard InChI is InChI=1S/C12H20N2O/c1-2-12(6-10-15)14-9-5-11-3-7-13-8-4-11/h3-4,7-8,12,14-15H,2,5-6,9-10H2,1H3. The molecule has 1 unspecified atom stereocenters. The average molecular weight is 208 g/mol. The van der Waals surface area contributed by atoms with Crippen molar-refractivity contribution in [1.82, 2.24) is 10.3 Å². The van der Waals surface area contributed by atoms with E-state index in [0.717, 1.165) is 25.8 Å². The second kappa shape index (κ2) is 7.37. The number of aliphatic hydroxyl groups excluding tert-OH is 1. The van der Waals surface area contributed by atoms with Crippen molar-refractivity contribution < 1.29 is 5.11 Å². The van der Waals surface area contributed by atoms with Gasteiger partial charge in [0.15, 0.2) is 0 Å². The van der Waals surface area contributed by atoms with Crippen LogP contribution in [-0.4, -0.2) is 29.3 Å². The first kappa shape index (κ1) is 12.1. The van der Waals surface area contributed by atoms with Crippen LogP contribution in [0.2, 0.25) is 0 Å². The van der Waals surface area contributed by atoms with Gasteiger partial charge in [0.2, 0.25) is 0 Å². The van der Waals surface area contributed by atoms with E-state index in [2.05, 4.69) is 17.2 Å². The maximum atomic E-state index is 8.84. The molecule has 0 aliphatic rings. The Morgan fingerprint density at radius 3 is 2.73 bits per heavy atom. The molecule has 2 N–H and O–H groups in total. The predicted molar refractivity (Wildman–Crippen MR) is 61.7 cm³/mol. The van der Waals surface area contributed by atoms with E-state index in [0.29, 0.717) is 6.04 Å². The van der Waals surface area contributed by atoms with Gasteiger partial charge in [-0.2, -0.15) is 0 Å². The Kier molecular flexibility index (Phi) is 5.97. The van der Waals surface area contributed by atoms with Crippen LogP contribution in [0.3, 0.4) is 0 Å². The summed E-state index contributed by atoms with van der Waals surface area (Å²) in [5.41, 5.74) is 1.30. The molecule has 0 bridgehead atoms. The van der Waals surface area contributed by atoms with Gasteiger partial charge in [-0.25, -0.2) is 0 Å². The number of aromatic nitrogens is 1. The molecule has 0 aliphatic carbocycles. The lowest BCUT2D eigenvalue weighted by Gasteiger charge is -2.15. The first-order valence-electron chi connectivity index (χ1n) is 5.60. The molecule has 3 nitrogen and oxygen atoms in total. The molecular formula is C12H20N2O. The Balaban J connectivity index is 2.20. The van der Waals surface area contributed by atoms with E-state index in [4.69, 9.17) is 5.11 Å². The van der Waals surface area contributed by atoms with E-state index in [-0.39, 0.29) is 6.61 Å². The summed E-state index contributed by atoms with van der Waals surface area (Å²) in [6.07, 6.45) is 6.56. The minimum absolute atomic E-state index is 0.265. The predicted octanol–water partition coefficient (Wildman–Crippen LogP) is 1.37. The maximum Gasteiger partial charge on any atom is 0.0445 e. The zero-order chi connectivity index (χ0) is 10.9. The summed E-state index contributed by atoms with van der Waals surface area (Å²) in [5.74, 6) is 0. The number of aliphatic hydroxyl groups is 1. The summed E-state index contributed by atoms with van der Waals surface area (Å²) < 4.78 is 0. The van der Waals surface area contributed by atoms with Crippen LogP contribution in [0.1, 0.15) is 25.3 Å². The Labute approximate surface area is 91.5 Å². The minimum Gasteiger partial charge on any atom is -0.396 e. The lowest BCUT2D eigenvalue weighted by Crippen LogP contribution is -2.31. The molecule has 1 atom stereocenters. The summed E-state index contributed by atoms with van der Waals surface area (Å²) in [6.45, 7) is 3.36.